The van der Waals surface area contributed by atoms with E-state index in [1.807, 2.05) is 14.1 Å². The molecule has 0 aliphatic carbocycles. The van der Waals surface area contributed by atoms with E-state index in [9.17, 15) is 4.79 Å². The second-order valence-corrected chi connectivity index (χ2v) is 3.90. The number of Topliss-reactive ketones (excluding diaryl/α,β-unsaturated/α-hetero) is 1. The Hall–Kier alpha value is -0.670. The van der Waals surface area contributed by atoms with Crippen molar-refractivity contribution in [2.24, 2.45) is 0 Å². The number of rotatable bonds is 2. The summed E-state index contributed by atoms with van der Waals surface area (Å²) < 4.78 is 0. The van der Waals surface area contributed by atoms with Crippen LogP contribution in [-0.2, 0) is 4.79 Å². The monoisotopic (exact) mass is 182 g/mol. The van der Waals surface area contributed by atoms with Gasteiger partial charge in [-0.1, -0.05) is 6.58 Å². The SMILES string of the molecule is C=C(C)C(=O)C1CN(C)CCN1C. The molecular formula is C10H18N2O. The molecule has 0 saturated carbocycles. The Labute approximate surface area is 80.0 Å². The first-order valence-electron chi connectivity index (χ1n) is 4.61. The largest absolute Gasteiger partial charge is 0.303 e. The van der Waals surface area contributed by atoms with Gasteiger partial charge in [-0.3, -0.25) is 9.69 Å². The van der Waals surface area contributed by atoms with Gasteiger partial charge in [0.05, 0.1) is 6.04 Å². The minimum atomic E-state index is 0.0104. The lowest BCUT2D eigenvalue weighted by Crippen LogP contribution is -2.53. The Balaban J connectivity index is 2.65. The van der Waals surface area contributed by atoms with Crippen molar-refractivity contribution in [3.8, 4) is 0 Å². The van der Waals surface area contributed by atoms with E-state index in [0.717, 1.165) is 19.6 Å². The van der Waals surface area contributed by atoms with Gasteiger partial charge in [-0.05, 0) is 26.6 Å². The Morgan fingerprint density at radius 1 is 1.38 bits per heavy atom. The Morgan fingerprint density at radius 2 is 2.00 bits per heavy atom. The predicted molar refractivity (Wildman–Crippen MR) is 53.7 cm³/mol. The van der Waals surface area contributed by atoms with Crippen LogP contribution in [0, 0.1) is 0 Å². The highest BCUT2D eigenvalue weighted by molar-refractivity contribution is 5.98. The number of nitrogens with zero attached hydrogens (tertiary/aromatic N) is 2. The fourth-order valence-electron chi connectivity index (χ4n) is 1.58. The molecule has 1 unspecified atom stereocenters. The molecule has 13 heavy (non-hydrogen) atoms. The summed E-state index contributed by atoms with van der Waals surface area (Å²) in [4.78, 5) is 16.0. The molecule has 3 nitrogen and oxygen atoms in total. The average molecular weight is 182 g/mol. The summed E-state index contributed by atoms with van der Waals surface area (Å²) in [5.74, 6) is 0.175. The van der Waals surface area contributed by atoms with E-state index in [-0.39, 0.29) is 11.8 Å². The zero-order chi connectivity index (χ0) is 10.0. The van der Waals surface area contributed by atoms with Crippen molar-refractivity contribution in [3.63, 3.8) is 0 Å². The summed E-state index contributed by atoms with van der Waals surface area (Å²) >= 11 is 0. The van der Waals surface area contributed by atoms with E-state index < -0.39 is 0 Å². The topological polar surface area (TPSA) is 23.6 Å². The maximum Gasteiger partial charge on any atom is 0.176 e. The van der Waals surface area contributed by atoms with Gasteiger partial charge in [-0.15, -0.1) is 0 Å². The van der Waals surface area contributed by atoms with E-state index in [0.29, 0.717) is 5.57 Å². The van der Waals surface area contributed by atoms with Gasteiger partial charge in [0.25, 0.3) is 0 Å². The highest BCUT2D eigenvalue weighted by Gasteiger charge is 2.28. The third-order valence-corrected chi connectivity index (χ3v) is 2.57. The van der Waals surface area contributed by atoms with Crippen molar-refractivity contribution in [3.05, 3.63) is 12.2 Å². The molecule has 1 aliphatic heterocycles. The van der Waals surface area contributed by atoms with Crippen LogP contribution < -0.4 is 0 Å². The fourth-order valence-corrected chi connectivity index (χ4v) is 1.58. The molecule has 0 N–H and O–H groups in total. The molecule has 74 valence electrons. The van der Waals surface area contributed by atoms with Crippen molar-refractivity contribution < 1.29 is 4.79 Å². The third-order valence-electron chi connectivity index (χ3n) is 2.57. The summed E-state index contributed by atoms with van der Waals surface area (Å²) in [6.07, 6.45) is 0. The summed E-state index contributed by atoms with van der Waals surface area (Å²) in [7, 11) is 4.05. The molecule has 0 aromatic carbocycles. The maximum atomic E-state index is 11.7. The van der Waals surface area contributed by atoms with Crippen LogP contribution in [0.3, 0.4) is 0 Å². The second kappa shape index (κ2) is 4.03. The van der Waals surface area contributed by atoms with Crippen molar-refractivity contribution in [2.45, 2.75) is 13.0 Å². The predicted octanol–water partition coefficient (Wildman–Crippen LogP) is 0.377. The van der Waals surface area contributed by atoms with Crippen LogP contribution in [0.4, 0.5) is 0 Å². The molecule has 1 rings (SSSR count). The van der Waals surface area contributed by atoms with Crippen LogP contribution in [0.5, 0.6) is 0 Å². The summed E-state index contributed by atoms with van der Waals surface area (Å²) in [6, 6.07) is 0.0104. The van der Waals surface area contributed by atoms with Crippen LogP contribution in [0.25, 0.3) is 0 Å². The molecule has 0 bridgehead atoms. The first-order chi connectivity index (χ1) is 6.02. The van der Waals surface area contributed by atoms with Crippen molar-refractivity contribution in [1.82, 2.24) is 9.80 Å². The van der Waals surface area contributed by atoms with Crippen molar-refractivity contribution >= 4 is 5.78 Å². The molecule has 0 aromatic heterocycles. The zero-order valence-electron chi connectivity index (χ0n) is 8.71. The molecule has 3 heteroatoms. The lowest BCUT2D eigenvalue weighted by atomic mass is 10.0. The van der Waals surface area contributed by atoms with Gasteiger partial charge in [0.2, 0.25) is 0 Å². The van der Waals surface area contributed by atoms with Gasteiger partial charge in [0.1, 0.15) is 0 Å². The molecule has 1 atom stereocenters. The van der Waals surface area contributed by atoms with E-state index in [2.05, 4.69) is 16.4 Å². The second-order valence-electron chi connectivity index (χ2n) is 3.90. The minimum Gasteiger partial charge on any atom is -0.303 e. The Kier molecular flexibility index (Phi) is 3.22. The average Bonchev–Trinajstić information content (AvgIpc) is 2.08. The van der Waals surface area contributed by atoms with Crippen LogP contribution in [-0.4, -0.2) is 55.4 Å². The van der Waals surface area contributed by atoms with Crippen molar-refractivity contribution in [2.75, 3.05) is 33.7 Å². The van der Waals surface area contributed by atoms with Crippen molar-refractivity contribution in [1.29, 1.82) is 0 Å². The molecule has 0 spiro atoms. The summed E-state index contributed by atoms with van der Waals surface area (Å²) in [5, 5.41) is 0. The number of likely N-dealkylation sites (N-methyl/N-ethyl adjacent to an activating group) is 2. The van der Waals surface area contributed by atoms with Crippen LogP contribution in [0.15, 0.2) is 12.2 Å². The molecule has 0 aromatic rings. The quantitative estimate of drug-likeness (QED) is 0.577. The lowest BCUT2D eigenvalue weighted by Gasteiger charge is -2.36. The Bertz CT molecular complexity index is 225. The van der Waals surface area contributed by atoms with Crippen LogP contribution >= 0.6 is 0 Å². The number of piperazine rings is 1. The number of hydrogen-bond acceptors (Lipinski definition) is 3. The molecule has 1 aliphatic rings. The number of carbonyl (C=O) groups is 1. The number of hydrogen-bond donors (Lipinski definition) is 0. The van der Waals surface area contributed by atoms with Gasteiger partial charge < -0.3 is 4.90 Å². The lowest BCUT2D eigenvalue weighted by molar-refractivity contribution is -0.121. The van der Waals surface area contributed by atoms with Gasteiger partial charge in [-0.25, -0.2) is 0 Å². The first kappa shape index (κ1) is 10.4. The Morgan fingerprint density at radius 3 is 2.54 bits per heavy atom. The number of ketones is 1. The normalized spacial score (nSPS) is 25.9. The molecule has 1 saturated heterocycles. The fraction of sp³-hybridized carbons (Fsp3) is 0.700. The molecule has 0 amide bonds. The van der Waals surface area contributed by atoms with E-state index in [4.69, 9.17) is 0 Å². The molecule has 0 radical (unpaired) electrons. The standard InChI is InChI=1S/C10H18N2O/c1-8(2)10(13)9-7-11(3)5-6-12(9)4/h9H,1,5-7H2,2-4H3. The van der Waals surface area contributed by atoms with E-state index >= 15 is 0 Å². The van der Waals surface area contributed by atoms with Gasteiger partial charge >= 0.3 is 0 Å². The van der Waals surface area contributed by atoms with Gasteiger partial charge in [-0.2, -0.15) is 0 Å². The van der Waals surface area contributed by atoms with E-state index in [1.165, 1.54) is 0 Å². The van der Waals surface area contributed by atoms with Gasteiger partial charge in [0, 0.05) is 19.6 Å². The van der Waals surface area contributed by atoms with Crippen LogP contribution in [0.2, 0.25) is 0 Å². The molecular weight excluding hydrogens is 164 g/mol. The maximum absolute atomic E-state index is 11.7. The smallest absolute Gasteiger partial charge is 0.176 e. The van der Waals surface area contributed by atoms with Gasteiger partial charge in [0.15, 0.2) is 5.78 Å². The highest BCUT2D eigenvalue weighted by Crippen LogP contribution is 2.10. The molecule has 1 fully saturated rings. The molecule has 1 heterocycles. The summed E-state index contributed by atoms with van der Waals surface area (Å²) in [5.41, 5.74) is 0.659. The number of carbonyl (C=O) groups excluding carboxylic acids is 1. The third kappa shape index (κ3) is 2.39. The van der Waals surface area contributed by atoms with E-state index in [1.54, 1.807) is 6.92 Å². The zero-order valence-corrected chi connectivity index (χ0v) is 8.71. The van der Waals surface area contributed by atoms with Crippen LogP contribution in [0.1, 0.15) is 6.92 Å². The highest BCUT2D eigenvalue weighted by atomic mass is 16.1. The first-order valence-corrected chi connectivity index (χ1v) is 4.61. The minimum absolute atomic E-state index is 0.0104. The summed E-state index contributed by atoms with van der Waals surface area (Å²) in [6.45, 7) is 8.30.